The summed E-state index contributed by atoms with van der Waals surface area (Å²) in [7, 11) is 1.63. The Hall–Kier alpha value is -0.620. The highest BCUT2D eigenvalue weighted by atomic mass is 79.9. The van der Waals surface area contributed by atoms with Crippen LogP contribution in [-0.2, 0) is 4.74 Å². The van der Waals surface area contributed by atoms with E-state index in [1.807, 2.05) is 6.07 Å². The average molecular weight is 307 g/mol. The minimum Gasteiger partial charge on any atom is -0.383 e. The van der Waals surface area contributed by atoms with E-state index in [1.54, 1.807) is 19.2 Å². The van der Waals surface area contributed by atoms with Crippen LogP contribution in [0.3, 0.4) is 0 Å². The summed E-state index contributed by atoms with van der Waals surface area (Å²) in [6.07, 6.45) is 0. The van der Waals surface area contributed by atoms with E-state index >= 15 is 0 Å². The van der Waals surface area contributed by atoms with Crippen LogP contribution in [0.25, 0.3) is 0 Å². The Morgan fingerprint density at radius 3 is 3.00 bits per heavy atom. The van der Waals surface area contributed by atoms with Gasteiger partial charge in [-0.3, -0.25) is 4.99 Å². The smallest absolute Gasteiger partial charge is 0.143 e. The predicted octanol–water partition coefficient (Wildman–Crippen LogP) is 1.96. The second kappa shape index (κ2) is 6.85. The number of hydrazine groups is 1. The molecular formula is C10H13BrClN3O. The fourth-order valence-corrected chi connectivity index (χ4v) is 1.74. The molecule has 0 spiro atoms. The van der Waals surface area contributed by atoms with Gasteiger partial charge in [-0.2, -0.15) is 0 Å². The fraction of sp³-hybridized carbons (Fsp3) is 0.300. The summed E-state index contributed by atoms with van der Waals surface area (Å²) in [5.74, 6) is 6.00. The van der Waals surface area contributed by atoms with Crippen molar-refractivity contribution in [1.82, 2.24) is 5.43 Å². The summed E-state index contributed by atoms with van der Waals surface area (Å²) in [4.78, 5) is 4.27. The monoisotopic (exact) mass is 305 g/mol. The molecule has 0 saturated carbocycles. The highest BCUT2D eigenvalue weighted by molar-refractivity contribution is 9.10. The SMILES string of the molecule is COCCN=C(NN)c1cc(Cl)ccc1Br. The lowest BCUT2D eigenvalue weighted by molar-refractivity contribution is 0.208. The number of benzene rings is 1. The van der Waals surface area contributed by atoms with Gasteiger partial charge in [0, 0.05) is 22.2 Å². The maximum atomic E-state index is 5.91. The fourth-order valence-electron chi connectivity index (χ4n) is 1.14. The van der Waals surface area contributed by atoms with Crippen LogP contribution in [0.15, 0.2) is 27.7 Å². The third-order valence-electron chi connectivity index (χ3n) is 1.89. The van der Waals surface area contributed by atoms with Crippen molar-refractivity contribution in [2.45, 2.75) is 0 Å². The van der Waals surface area contributed by atoms with Crippen molar-refractivity contribution in [3.63, 3.8) is 0 Å². The molecule has 0 atom stereocenters. The van der Waals surface area contributed by atoms with Gasteiger partial charge in [0.15, 0.2) is 0 Å². The molecule has 1 rings (SSSR count). The molecule has 6 heteroatoms. The first-order valence-corrected chi connectivity index (χ1v) is 5.81. The molecule has 0 aliphatic heterocycles. The normalized spacial score (nSPS) is 11.6. The van der Waals surface area contributed by atoms with Gasteiger partial charge in [0.2, 0.25) is 0 Å². The molecule has 0 fully saturated rings. The molecular weight excluding hydrogens is 293 g/mol. The van der Waals surface area contributed by atoms with Gasteiger partial charge in [-0.05, 0) is 18.2 Å². The molecule has 88 valence electrons. The van der Waals surface area contributed by atoms with Crippen molar-refractivity contribution in [2.24, 2.45) is 10.8 Å². The van der Waals surface area contributed by atoms with Crippen LogP contribution in [0.5, 0.6) is 0 Å². The number of nitrogens with one attached hydrogen (secondary N) is 1. The van der Waals surface area contributed by atoms with Crippen LogP contribution in [0, 0.1) is 0 Å². The molecule has 0 aromatic heterocycles. The van der Waals surface area contributed by atoms with Gasteiger partial charge in [-0.1, -0.05) is 27.5 Å². The Morgan fingerprint density at radius 1 is 1.62 bits per heavy atom. The van der Waals surface area contributed by atoms with E-state index in [0.717, 1.165) is 10.0 Å². The number of hydrogen-bond donors (Lipinski definition) is 2. The van der Waals surface area contributed by atoms with Crippen LogP contribution >= 0.6 is 27.5 Å². The topological polar surface area (TPSA) is 59.6 Å². The first-order valence-electron chi connectivity index (χ1n) is 4.64. The molecule has 0 radical (unpaired) electrons. The van der Waals surface area contributed by atoms with Crippen LogP contribution in [0.1, 0.15) is 5.56 Å². The molecule has 0 bridgehead atoms. The molecule has 0 saturated heterocycles. The van der Waals surface area contributed by atoms with Crippen molar-refractivity contribution in [2.75, 3.05) is 20.3 Å². The molecule has 1 aromatic carbocycles. The molecule has 16 heavy (non-hydrogen) atoms. The number of ether oxygens (including phenoxy) is 1. The first-order chi connectivity index (χ1) is 7.69. The molecule has 3 N–H and O–H groups in total. The zero-order valence-electron chi connectivity index (χ0n) is 8.84. The van der Waals surface area contributed by atoms with Gasteiger partial charge in [0.1, 0.15) is 5.84 Å². The van der Waals surface area contributed by atoms with E-state index in [4.69, 9.17) is 22.2 Å². The Morgan fingerprint density at radius 2 is 2.38 bits per heavy atom. The summed E-state index contributed by atoms with van der Waals surface area (Å²) in [5.41, 5.74) is 3.38. The predicted molar refractivity (Wildman–Crippen MR) is 69.8 cm³/mol. The van der Waals surface area contributed by atoms with E-state index in [1.165, 1.54) is 0 Å². The van der Waals surface area contributed by atoms with E-state index in [-0.39, 0.29) is 0 Å². The number of methoxy groups -OCH3 is 1. The van der Waals surface area contributed by atoms with Crippen molar-refractivity contribution < 1.29 is 4.74 Å². The number of rotatable bonds is 4. The quantitative estimate of drug-likeness (QED) is 0.294. The van der Waals surface area contributed by atoms with Gasteiger partial charge in [0.05, 0.1) is 13.2 Å². The summed E-state index contributed by atoms with van der Waals surface area (Å²) in [6, 6.07) is 5.43. The lowest BCUT2D eigenvalue weighted by atomic mass is 10.2. The molecule has 0 heterocycles. The number of aliphatic imine (C=N–C) groups is 1. The molecule has 0 aliphatic carbocycles. The Labute approximate surface area is 108 Å². The minimum atomic E-state index is 0.537. The third-order valence-corrected chi connectivity index (χ3v) is 2.81. The van der Waals surface area contributed by atoms with Crippen LogP contribution in [-0.4, -0.2) is 26.1 Å². The number of nitrogens with two attached hydrogens (primary N) is 1. The lowest BCUT2D eigenvalue weighted by Gasteiger charge is -2.08. The maximum Gasteiger partial charge on any atom is 0.143 e. The van der Waals surface area contributed by atoms with Gasteiger partial charge < -0.3 is 10.2 Å². The van der Waals surface area contributed by atoms with E-state index < -0.39 is 0 Å². The number of amidine groups is 1. The Balaban J connectivity index is 2.94. The second-order valence-corrected chi connectivity index (χ2v) is 4.28. The zero-order chi connectivity index (χ0) is 12.0. The van der Waals surface area contributed by atoms with Gasteiger partial charge in [0.25, 0.3) is 0 Å². The van der Waals surface area contributed by atoms with Crippen molar-refractivity contribution in [1.29, 1.82) is 0 Å². The average Bonchev–Trinajstić information content (AvgIpc) is 2.28. The van der Waals surface area contributed by atoms with E-state index in [9.17, 15) is 0 Å². The lowest BCUT2D eigenvalue weighted by Crippen LogP contribution is -2.31. The van der Waals surface area contributed by atoms with Gasteiger partial charge in [-0.25, -0.2) is 5.84 Å². The Bertz CT molecular complexity index is 384. The van der Waals surface area contributed by atoms with Crippen LogP contribution in [0.2, 0.25) is 5.02 Å². The zero-order valence-corrected chi connectivity index (χ0v) is 11.2. The number of hydrogen-bond acceptors (Lipinski definition) is 3. The summed E-state index contributed by atoms with van der Waals surface area (Å²) < 4.78 is 5.79. The molecule has 1 aromatic rings. The molecule has 4 nitrogen and oxygen atoms in total. The third kappa shape index (κ3) is 3.75. The highest BCUT2D eigenvalue weighted by Gasteiger charge is 2.07. The van der Waals surface area contributed by atoms with Gasteiger partial charge >= 0.3 is 0 Å². The molecule has 0 aliphatic rings. The van der Waals surface area contributed by atoms with Gasteiger partial charge in [-0.15, -0.1) is 0 Å². The number of halogens is 2. The van der Waals surface area contributed by atoms with Crippen molar-refractivity contribution >= 4 is 33.4 Å². The largest absolute Gasteiger partial charge is 0.383 e. The highest BCUT2D eigenvalue weighted by Crippen LogP contribution is 2.21. The van der Waals surface area contributed by atoms with E-state index in [0.29, 0.717) is 24.0 Å². The molecule has 0 unspecified atom stereocenters. The summed E-state index contributed by atoms with van der Waals surface area (Å²) in [5, 5.41) is 0.632. The van der Waals surface area contributed by atoms with E-state index in [2.05, 4.69) is 26.3 Å². The maximum absolute atomic E-state index is 5.91. The van der Waals surface area contributed by atoms with Crippen molar-refractivity contribution in [3.8, 4) is 0 Å². The van der Waals surface area contributed by atoms with Crippen LogP contribution < -0.4 is 11.3 Å². The summed E-state index contributed by atoms with van der Waals surface area (Å²) >= 11 is 9.32. The minimum absolute atomic E-state index is 0.537. The molecule has 0 amide bonds. The summed E-state index contributed by atoms with van der Waals surface area (Å²) in [6.45, 7) is 1.08. The van der Waals surface area contributed by atoms with Crippen molar-refractivity contribution in [3.05, 3.63) is 33.3 Å². The van der Waals surface area contributed by atoms with Crippen LogP contribution in [0.4, 0.5) is 0 Å². The number of nitrogens with zero attached hydrogens (tertiary/aromatic N) is 1. The standard InChI is InChI=1S/C10H13BrClN3O/c1-16-5-4-14-10(15-13)8-6-7(12)2-3-9(8)11/h2-3,6H,4-5,13H2,1H3,(H,14,15). The Kier molecular flexibility index (Phi) is 5.76. The second-order valence-electron chi connectivity index (χ2n) is 2.99. The first kappa shape index (κ1) is 13.4.